The van der Waals surface area contributed by atoms with Crippen LogP contribution in [0.25, 0.3) is 0 Å². The van der Waals surface area contributed by atoms with Gasteiger partial charge in [0.25, 0.3) is 5.91 Å². The highest BCUT2D eigenvalue weighted by atomic mass is 16.5. The molecule has 1 unspecified atom stereocenters. The number of hydrogen-bond acceptors (Lipinski definition) is 3. The lowest BCUT2D eigenvalue weighted by Gasteiger charge is -2.19. The smallest absolute Gasteiger partial charge is 0.269 e. The fourth-order valence-electron chi connectivity index (χ4n) is 1.79. The standard InChI is InChI=1S/C15H18N2O2/c1-10-4-6-12(7-5-10)19-14-8-13(15(18)16-3)17-9-11(14)2/h4-8,11H,9H2,1-3H3,(H,16,18). The van der Waals surface area contributed by atoms with Gasteiger partial charge in [-0.2, -0.15) is 0 Å². The molecule has 0 radical (unpaired) electrons. The second kappa shape index (κ2) is 5.69. The number of ether oxygens (including phenoxy) is 1. The number of rotatable bonds is 3. The lowest BCUT2D eigenvalue weighted by Crippen LogP contribution is -2.30. The summed E-state index contributed by atoms with van der Waals surface area (Å²) in [5.41, 5.74) is 1.60. The van der Waals surface area contributed by atoms with Crippen LogP contribution in [0.1, 0.15) is 12.5 Å². The van der Waals surface area contributed by atoms with Crippen molar-refractivity contribution in [2.45, 2.75) is 13.8 Å². The van der Waals surface area contributed by atoms with E-state index in [9.17, 15) is 4.79 Å². The van der Waals surface area contributed by atoms with Gasteiger partial charge in [-0.3, -0.25) is 9.79 Å². The minimum Gasteiger partial charge on any atom is -0.461 e. The van der Waals surface area contributed by atoms with E-state index >= 15 is 0 Å². The number of aryl methyl sites for hydroxylation is 1. The molecule has 0 aromatic heterocycles. The van der Waals surface area contributed by atoms with E-state index in [0.717, 1.165) is 11.5 Å². The Morgan fingerprint density at radius 3 is 2.68 bits per heavy atom. The minimum absolute atomic E-state index is 0.176. The summed E-state index contributed by atoms with van der Waals surface area (Å²) in [7, 11) is 1.59. The zero-order valence-corrected chi connectivity index (χ0v) is 11.4. The average molecular weight is 258 g/mol. The number of benzene rings is 1. The summed E-state index contributed by atoms with van der Waals surface area (Å²) in [5, 5.41) is 2.57. The van der Waals surface area contributed by atoms with Crippen LogP contribution in [0.5, 0.6) is 5.75 Å². The van der Waals surface area contributed by atoms with Gasteiger partial charge < -0.3 is 10.1 Å². The van der Waals surface area contributed by atoms with Crippen LogP contribution in [-0.2, 0) is 4.79 Å². The van der Waals surface area contributed by atoms with Gasteiger partial charge >= 0.3 is 0 Å². The van der Waals surface area contributed by atoms with Crippen molar-refractivity contribution >= 4 is 11.6 Å². The van der Waals surface area contributed by atoms with Gasteiger partial charge in [-0.1, -0.05) is 24.6 Å². The normalized spacial score (nSPS) is 18.4. The van der Waals surface area contributed by atoms with E-state index in [1.807, 2.05) is 38.1 Å². The zero-order chi connectivity index (χ0) is 13.8. The second-order valence-electron chi connectivity index (χ2n) is 4.67. The molecule has 0 aliphatic carbocycles. The van der Waals surface area contributed by atoms with Crippen molar-refractivity contribution in [1.29, 1.82) is 0 Å². The predicted molar refractivity (Wildman–Crippen MR) is 75.4 cm³/mol. The van der Waals surface area contributed by atoms with E-state index in [1.54, 1.807) is 13.1 Å². The lowest BCUT2D eigenvalue weighted by atomic mass is 10.1. The Morgan fingerprint density at radius 1 is 1.37 bits per heavy atom. The number of aliphatic imine (C=N–C) groups is 1. The number of dihydropyridines is 1. The first-order chi connectivity index (χ1) is 9.10. The third kappa shape index (κ3) is 3.22. The Bertz CT molecular complexity index is 530. The summed E-state index contributed by atoms with van der Waals surface area (Å²) in [6, 6.07) is 7.84. The van der Waals surface area contributed by atoms with Gasteiger partial charge in [-0.15, -0.1) is 0 Å². The van der Waals surface area contributed by atoms with E-state index < -0.39 is 0 Å². The van der Waals surface area contributed by atoms with Crippen molar-refractivity contribution in [2.75, 3.05) is 13.6 Å². The van der Waals surface area contributed by atoms with Crippen LogP contribution < -0.4 is 10.1 Å². The molecule has 2 rings (SSSR count). The first kappa shape index (κ1) is 13.3. The maximum Gasteiger partial charge on any atom is 0.269 e. The van der Waals surface area contributed by atoms with Crippen LogP contribution in [-0.4, -0.2) is 25.2 Å². The highest BCUT2D eigenvalue weighted by Crippen LogP contribution is 2.22. The number of nitrogens with one attached hydrogen (secondary N) is 1. The van der Waals surface area contributed by atoms with Crippen molar-refractivity contribution in [3.63, 3.8) is 0 Å². The van der Waals surface area contributed by atoms with Gasteiger partial charge in [0.15, 0.2) is 0 Å². The zero-order valence-electron chi connectivity index (χ0n) is 11.4. The highest BCUT2D eigenvalue weighted by molar-refractivity contribution is 6.43. The summed E-state index contributed by atoms with van der Waals surface area (Å²) < 4.78 is 5.85. The Morgan fingerprint density at radius 2 is 2.05 bits per heavy atom. The monoisotopic (exact) mass is 258 g/mol. The number of carbonyl (C=O) groups is 1. The van der Waals surface area contributed by atoms with Crippen LogP contribution in [0, 0.1) is 12.8 Å². The molecule has 1 heterocycles. The molecule has 0 saturated heterocycles. The molecule has 4 nitrogen and oxygen atoms in total. The largest absolute Gasteiger partial charge is 0.461 e. The molecule has 0 bridgehead atoms. The van der Waals surface area contributed by atoms with Gasteiger partial charge in [-0.25, -0.2) is 0 Å². The Kier molecular flexibility index (Phi) is 4.00. The van der Waals surface area contributed by atoms with Crippen LogP contribution in [0.3, 0.4) is 0 Å². The molecule has 1 aromatic rings. The number of carbonyl (C=O) groups excluding carboxylic acids is 1. The SMILES string of the molecule is CNC(=O)C1=NCC(C)C(Oc2ccc(C)cc2)=C1. The van der Waals surface area contributed by atoms with Gasteiger partial charge in [-0.05, 0) is 19.1 Å². The number of amides is 1. The van der Waals surface area contributed by atoms with Crippen molar-refractivity contribution < 1.29 is 9.53 Å². The molecule has 0 spiro atoms. The minimum atomic E-state index is -0.183. The molecule has 1 aromatic carbocycles. The average Bonchev–Trinajstić information content (AvgIpc) is 2.43. The van der Waals surface area contributed by atoms with Crippen molar-refractivity contribution in [1.82, 2.24) is 5.32 Å². The third-order valence-electron chi connectivity index (χ3n) is 3.02. The molecule has 1 amide bonds. The molecular weight excluding hydrogens is 240 g/mol. The molecule has 1 aliphatic heterocycles. The summed E-state index contributed by atoms with van der Waals surface area (Å²) in [4.78, 5) is 15.8. The van der Waals surface area contributed by atoms with Crippen LogP contribution >= 0.6 is 0 Å². The van der Waals surface area contributed by atoms with E-state index in [-0.39, 0.29) is 11.8 Å². The van der Waals surface area contributed by atoms with E-state index in [1.165, 1.54) is 5.56 Å². The molecule has 1 N–H and O–H groups in total. The molecule has 1 aliphatic rings. The molecule has 0 fully saturated rings. The summed E-state index contributed by atoms with van der Waals surface area (Å²) in [6.45, 7) is 4.63. The van der Waals surface area contributed by atoms with Crippen LogP contribution in [0.2, 0.25) is 0 Å². The van der Waals surface area contributed by atoms with Crippen molar-refractivity contribution in [3.8, 4) is 5.75 Å². The number of nitrogens with zero attached hydrogens (tertiary/aromatic N) is 1. The fraction of sp³-hybridized carbons (Fsp3) is 0.333. The Labute approximate surface area is 113 Å². The van der Waals surface area contributed by atoms with Crippen molar-refractivity contribution in [2.24, 2.45) is 10.9 Å². The van der Waals surface area contributed by atoms with Gasteiger partial charge in [0, 0.05) is 25.6 Å². The van der Waals surface area contributed by atoms with Crippen LogP contribution in [0.15, 0.2) is 41.1 Å². The Balaban J connectivity index is 2.17. The Hall–Kier alpha value is -2.10. The lowest BCUT2D eigenvalue weighted by molar-refractivity contribution is -0.114. The quantitative estimate of drug-likeness (QED) is 0.902. The topological polar surface area (TPSA) is 50.7 Å². The maximum absolute atomic E-state index is 11.6. The molecule has 1 atom stereocenters. The van der Waals surface area contributed by atoms with Gasteiger partial charge in [0.2, 0.25) is 0 Å². The van der Waals surface area contributed by atoms with E-state index in [0.29, 0.717) is 12.3 Å². The third-order valence-corrected chi connectivity index (χ3v) is 3.02. The molecule has 19 heavy (non-hydrogen) atoms. The first-order valence-electron chi connectivity index (χ1n) is 6.33. The molecule has 4 heteroatoms. The molecule has 100 valence electrons. The van der Waals surface area contributed by atoms with Crippen molar-refractivity contribution in [3.05, 3.63) is 41.7 Å². The molecule has 0 saturated carbocycles. The summed E-state index contributed by atoms with van der Waals surface area (Å²) in [6.07, 6.45) is 1.72. The fourth-order valence-corrected chi connectivity index (χ4v) is 1.79. The van der Waals surface area contributed by atoms with Gasteiger partial charge in [0.1, 0.15) is 17.2 Å². The van der Waals surface area contributed by atoms with E-state index in [4.69, 9.17) is 4.74 Å². The first-order valence-corrected chi connectivity index (χ1v) is 6.33. The second-order valence-corrected chi connectivity index (χ2v) is 4.67. The summed E-state index contributed by atoms with van der Waals surface area (Å²) >= 11 is 0. The highest BCUT2D eigenvalue weighted by Gasteiger charge is 2.20. The predicted octanol–water partition coefficient (Wildman–Crippen LogP) is 2.09. The van der Waals surface area contributed by atoms with Gasteiger partial charge in [0.05, 0.1) is 0 Å². The summed E-state index contributed by atoms with van der Waals surface area (Å²) in [5.74, 6) is 1.55. The van der Waals surface area contributed by atoms with E-state index in [2.05, 4.69) is 10.3 Å². The van der Waals surface area contributed by atoms with Crippen LogP contribution in [0.4, 0.5) is 0 Å². The number of hydrogen-bond donors (Lipinski definition) is 1. The molecular formula is C15H18N2O2. The maximum atomic E-state index is 11.6.